The molecule has 0 amide bonds. The molecule has 2 atom stereocenters. The number of ether oxygens (including phenoxy) is 1. The number of hydrogen-bond donors (Lipinski definition) is 1. The Morgan fingerprint density at radius 2 is 2.29 bits per heavy atom. The van der Waals surface area contributed by atoms with Crippen LogP contribution in [-0.4, -0.2) is 42.8 Å². The van der Waals surface area contributed by atoms with Gasteiger partial charge in [0.2, 0.25) is 0 Å². The topological polar surface area (TPSA) is 62.3 Å². The van der Waals surface area contributed by atoms with E-state index in [1.54, 1.807) is 0 Å². The van der Waals surface area contributed by atoms with Gasteiger partial charge >= 0.3 is 0 Å². The average Bonchev–Trinajstić information content (AvgIpc) is 2.39. The van der Waals surface area contributed by atoms with Crippen molar-refractivity contribution in [3.05, 3.63) is 0 Å². The van der Waals surface area contributed by atoms with Gasteiger partial charge in [0.05, 0.1) is 18.8 Å². The molecule has 1 fully saturated rings. The summed E-state index contributed by atoms with van der Waals surface area (Å²) < 4.78 is 5.63. The maximum absolute atomic E-state index is 8.99. The molecule has 0 aliphatic carbocycles. The summed E-state index contributed by atoms with van der Waals surface area (Å²) in [6, 6.07) is 2.22. The van der Waals surface area contributed by atoms with E-state index in [0.29, 0.717) is 6.10 Å². The maximum Gasteiger partial charge on any atom is 0.104 e. The van der Waals surface area contributed by atoms with Crippen LogP contribution in [0.25, 0.3) is 0 Å². The fourth-order valence-corrected chi connectivity index (χ4v) is 2.16. The second kappa shape index (κ2) is 6.95. The van der Waals surface area contributed by atoms with Crippen molar-refractivity contribution in [1.29, 1.82) is 5.26 Å². The number of nitrogens with zero attached hydrogens (tertiary/aromatic N) is 2. The zero-order chi connectivity index (χ0) is 12.7. The number of nitrogens with two attached hydrogens (primary N) is 1. The molecule has 0 bridgehead atoms. The summed E-state index contributed by atoms with van der Waals surface area (Å²) in [5, 5.41) is 8.99. The van der Waals surface area contributed by atoms with E-state index in [9.17, 15) is 0 Å². The van der Waals surface area contributed by atoms with Gasteiger partial charge in [0.1, 0.15) is 5.54 Å². The highest BCUT2D eigenvalue weighted by atomic mass is 16.5. The third-order valence-electron chi connectivity index (χ3n) is 3.63. The minimum Gasteiger partial charge on any atom is -0.376 e. The van der Waals surface area contributed by atoms with Crippen LogP contribution < -0.4 is 5.73 Å². The quantitative estimate of drug-likeness (QED) is 0.763. The molecular weight excluding hydrogens is 214 g/mol. The lowest BCUT2D eigenvalue weighted by Crippen LogP contribution is -2.43. The van der Waals surface area contributed by atoms with Crippen LogP contribution in [-0.2, 0) is 4.74 Å². The summed E-state index contributed by atoms with van der Waals surface area (Å²) in [6.07, 6.45) is 3.96. The standard InChI is InChI=1S/C13H25N3O/c1-3-12-10-16(8-9-17-12)7-5-6-13(15,4-2)11-14/h12H,3-10,15H2,1-2H3. The van der Waals surface area contributed by atoms with E-state index in [1.807, 2.05) is 6.92 Å². The fourth-order valence-electron chi connectivity index (χ4n) is 2.16. The van der Waals surface area contributed by atoms with E-state index in [0.717, 1.165) is 51.9 Å². The molecule has 1 heterocycles. The molecule has 4 nitrogen and oxygen atoms in total. The summed E-state index contributed by atoms with van der Waals surface area (Å²) in [7, 11) is 0. The molecule has 2 N–H and O–H groups in total. The van der Waals surface area contributed by atoms with Gasteiger partial charge in [-0.05, 0) is 32.2 Å². The van der Waals surface area contributed by atoms with Gasteiger partial charge < -0.3 is 10.5 Å². The molecule has 0 radical (unpaired) electrons. The van der Waals surface area contributed by atoms with Crippen LogP contribution in [0.2, 0.25) is 0 Å². The number of rotatable bonds is 6. The third kappa shape index (κ3) is 4.63. The van der Waals surface area contributed by atoms with Crippen LogP contribution in [0.4, 0.5) is 0 Å². The van der Waals surface area contributed by atoms with Crippen molar-refractivity contribution in [3.63, 3.8) is 0 Å². The van der Waals surface area contributed by atoms with Crippen LogP contribution in [0.3, 0.4) is 0 Å². The Morgan fingerprint density at radius 1 is 1.53 bits per heavy atom. The zero-order valence-electron chi connectivity index (χ0n) is 11.1. The van der Waals surface area contributed by atoms with E-state index in [2.05, 4.69) is 17.9 Å². The van der Waals surface area contributed by atoms with E-state index >= 15 is 0 Å². The largest absolute Gasteiger partial charge is 0.376 e. The lowest BCUT2D eigenvalue weighted by atomic mass is 9.93. The highest BCUT2D eigenvalue weighted by molar-refractivity contribution is 5.03. The normalized spacial score (nSPS) is 25.2. The molecular formula is C13H25N3O. The van der Waals surface area contributed by atoms with Crippen LogP contribution in [0.5, 0.6) is 0 Å². The smallest absolute Gasteiger partial charge is 0.104 e. The SMILES string of the molecule is CCC1CN(CCCC(N)(C#N)CC)CCO1. The van der Waals surface area contributed by atoms with Crippen molar-refractivity contribution in [2.75, 3.05) is 26.2 Å². The Bertz CT molecular complexity index is 264. The third-order valence-corrected chi connectivity index (χ3v) is 3.63. The first-order chi connectivity index (χ1) is 8.13. The second-order valence-electron chi connectivity index (χ2n) is 4.93. The highest BCUT2D eigenvalue weighted by Gasteiger charge is 2.23. The van der Waals surface area contributed by atoms with Crippen molar-refractivity contribution < 1.29 is 4.74 Å². The first-order valence-corrected chi connectivity index (χ1v) is 6.67. The summed E-state index contributed by atoms with van der Waals surface area (Å²) in [6.45, 7) is 8.02. The fraction of sp³-hybridized carbons (Fsp3) is 0.923. The lowest BCUT2D eigenvalue weighted by molar-refractivity contribution is -0.0301. The maximum atomic E-state index is 8.99. The first-order valence-electron chi connectivity index (χ1n) is 6.67. The van der Waals surface area contributed by atoms with Gasteiger partial charge in [0.25, 0.3) is 0 Å². The zero-order valence-corrected chi connectivity index (χ0v) is 11.1. The molecule has 17 heavy (non-hydrogen) atoms. The van der Waals surface area contributed by atoms with Gasteiger partial charge in [-0.3, -0.25) is 4.90 Å². The van der Waals surface area contributed by atoms with E-state index in [-0.39, 0.29) is 0 Å². The van der Waals surface area contributed by atoms with Gasteiger partial charge in [-0.1, -0.05) is 13.8 Å². The minimum absolute atomic E-state index is 0.383. The number of nitriles is 1. The van der Waals surface area contributed by atoms with Crippen molar-refractivity contribution in [1.82, 2.24) is 4.90 Å². The molecule has 0 spiro atoms. The van der Waals surface area contributed by atoms with Crippen LogP contribution in [0, 0.1) is 11.3 Å². The molecule has 1 rings (SSSR count). The molecule has 1 aliphatic heterocycles. The number of morpholine rings is 1. The Morgan fingerprint density at radius 3 is 2.88 bits per heavy atom. The predicted molar refractivity (Wildman–Crippen MR) is 68.5 cm³/mol. The van der Waals surface area contributed by atoms with Crippen LogP contribution >= 0.6 is 0 Å². The second-order valence-corrected chi connectivity index (χ2v) is 4.93. The lowest BCUT2D eigenvalue weighted by Gasteiger charge is -2.33. The van der Waals surface area contributed by atoms with E-state index in [4.69, 9.17) is 15.7 Å². The molecule has 1 aliphatic rings. The Balaban J connectivity index is 2.24. The molecule has 0 aromatic heterocycles. The van der Waals surface area contributed by atoms with Gasteiger partial charge in [0.15, 0.2) is 0 Å². The van der Waals surface area contributed by atoms with Crippen molar-refractivity contribution >= 4 is 0 Å². The minimum atomic E-state index is -0.629. The molecule has 0 aromatic carbocycles. The van der Waals surface area contributed by atoms with Gasteiger partial charge in [-0.2, -0.15) is 5.26 Å². The molecule has 4 heteroatoms. The average molecular weight is 239 g/mol. The molecule has 0 aromatic rings. The van der Waals surface area contributed by atoms with Crippen LogP contribution in [0.1, 0.15) is 39.5 Å². The van der Waals surface area contributed by atoms with Gasteiger partial charge in [0, 0.05) is 13.1 Å². The van der Waals surface area contributed by atoms with E-state index in [1.165, 1.54) is 0 Å². The molecule has 0 saturated carbocycles. The van der Waals surface area contributed by atoms with Gasteiger partial charge in [-0.15, -0.1) is 0 Å². The summed E-state index contributed by atoms with van der Waals surface area (Å²) in [5.41, 5.74) is 5.33. The van der Waals surface area contributed by atoms with Crippen molar-refractivity contribution in [2.24, 2.45) is 5.73 Å². The first kappa shape index (κ1) is 14.4. The Kier molecular flexibility index (Phi) is 5.90. The molecule has 2 unspecified atom stereocenters. The van der Waals surface area contributed by atoms with Crippen molar-refractivity contribution in [3.8, 4) is 6.07 Å². The summed E-state index contributed by atoms with van der Waals surface area (Å²) >= 11 is 0. The number of hydrogen-bond acceptors (Lipinski definition) is 4. The summed E-state index contributed by atoms with van der Waals surface area (Å²) in [5.74, 6) is 0. The monoisotopic (exact) mass is 239 g/mol. The van der Waals surface area contributed by atoms with E-state index < -0.39 is 5.54 Å². The van der Waals surface area contributed by atoms with Crippen LogP contribution in [0.15, 0.2) is 0 Å². The van der Waals surface area contributed by atoms with Gasteiger partial charge in [-0.25, -0.2) is 0 Å². The highest BCUT2D eigenvalue weighted by Crippen LogP contribution is 2.15. The molecule has 98 valence electrons. The summed E-state index contributed by atoms with van der Waals surface area (Å²) in [4.78, 5) is 2.42. The van der Waals surface area contributed by atoms with Crippen molar-refractivity contribution in [2.45, 2.75) is 51.2 Å². The predicted octanol–water partition coefficient (Wildman–Crippen LogP) is 1.51. The Labute approximate surface area is 105 Å². The Hall–Kier alpha value is -0.630. The molecule has 1 saturated heterocycles.